The van der Waals surface area contributed by atoms with Crippen LogP contribution in [0, 0.1) is 5.92 Å². The van der Waals surface area contributed by atoms with Gasteiger partial charge in [0.2, 0.25) is 11.8 Å². The van der Waals surface area contributed by atoms with Crippen LogP contribution in [-0.2, 0) is 54.7 Å². The van der Waals surface area contributed by atoms with Crippen molar-refractivity contribution in [3.8, 4) is 5.75 Å². The van der Waals surface area contributed by atoms with Crippen LogP contribution in [0.4, 0.5) is 10.5 Å². The molecule has 3 heterocycles. The van der Waals surface area contributed by atoms with Gasteiger partial charge in [0.05, 0.1) is 25.3 Å². The number of ether oxygens (including phenoxy) is 5. The largest absolute Gasteiger partial charge is 0.495 e. The number of carboxylic acids is 1. The van der Waals surface area contributed by atoms with Crippen LogP contribution < -0.4 is 15.0 Å². The Morgan fingerprint density at radius 1 is 1.19 bits per heavy atom. The number of fused-ring (bicyclic) bond motifs is 5. The zero-order chi connectivity index (χ0) is 46.5. The number of amides is 3. The zero-order valence-corrected chi connectivity index (χ0v) is 39.2. The van der Waals surface area contributed by atoms with Gasteiger partial charge in [-0.15, -0.1) is 0 Å². The van der Waals surface area contributed by atoms with Crippen molar-refractivity contribution in [2.75, 3.05) is 39.0 Å². The molecule has 62 heavy (non-hydrogen) atoms. The minimum absolute atomic E-state index is 0.0497. The molecule has 0 spiro atoms. The third kappa shape index (κ3) is 12.4. The quantitative estimate of drug-likeness (QED) is 0.0663. The SMILES string of the molecule is COc1cc2cc(c1Cl)N(C)C(=O)C[C@H](OC(=O)[C@H](C)N(C)C(=O)CCSSC(C)CC(C(=O)O)S(=O)(=O)O)[C@]1(C)O[C@H]1[C@H](C)[C@@H]1C[C@@](O)(NC(=O)O1)[C@H](OC)/C=C/C=C(\C)C2. The van der Waals surface area contributed by atoms with Crippen LogP contribution in [0.15, 0.2) is 35.9 Å². The predicted molar refractivity (Wildman–Crippen MR) is 233 cm³/mol. The smallest absolute Gasteiger partial charge is 0.409 e. The Bertz CT molecular complexity index is 2040. The summed E-state index contributed by atoms with van der Waals surface area (Å²) in [7, 11) is 3.34. The van der Waals surface area contributed by atoms with Crippen LogP contribution in [0.1, 0.15) is 65.9 Å². The Morgan fingerprint density at radius 3 is 2.48 bits per heavy atom. The number of carboxylic acid groups (broad SMARTS) is 1. The monoisotopic (exact) mass is 949 g/mol. The molecular weight excluding hydrogens is 894 g/mol. The van der Waals surface area contributed by atoms with E-state index in [0.29, 0.717) is 17.9 Å². The van der Waals surface area contributed by atoms with Gasteiger partial charge in [-0.25, -0.2) is 9.59 Å². The summed E-state index contributed by atoms with van der Waals surface area (Å²) in [5.74, 6) is -3.51. The molecule has 0 saturated carbocycles. The highest BCUT2D eigenvalue weighted by molar-refractivity contribution is 8.76. The summed E-state index contributed by atoms with van der Waals surface area (Å²) < 4.78 is 61.3. The van der Waals surface area contributed by atoms with E-state index >= 15 is 0 Å². The summed E-state index contributed by atoms with van der Waals surface area (Å²) in [6.07, 6.45) is -0.0977. The summed E-state index contributed by atoms with van der Waals surface area (Å²) in [6, 6.07) is 2.37. The fourth-order valence-electron chi connectivity index (χ4n) is 7.38. The number of allylic oxidation sites excluding steroid dienone is 3. The fraction of sp³-hybridized carbons (Fsp3) is 0.625. The Labute approximate surface area is 374 Å². The molecule has 0 radical (unpaired) electrons. The molecule has 3 aliphatic heterocycles. The van der Waals surface area contributed by atoms with Crippen molar-refractivity contribution in [2.24, 2.45) is 5.92 Å². The molecule has 4 N–H and O–H groups in total. The van der Waals surface area contributed by atoms with E-state index in [-0.39, 0.29) is 30.0 Å². The van der Waals surface area contributed by atoms with Crippen molar-refractivity contribution < 1.29 is 70.8 Å². The first kappa shape index (κ1) is 51.1. The maximum absolute atomic E-state index is 14.2. The minimum atomic E-state index is -4.80. The summed E-state index contributed by atoms with van der Waals surface area (Å²) in [5.41, 5.74) is -1.21. The molecule has 18 nitrogen and oxygen atoms in total. The Balaban J connectivity index is 1.59. The number of epoxide rings is 1. The predicted octanol–water partition coefficient (Wildman–Crippen LogP) is 4.41. The van der Waals surface area contributed by atoms with Crippen molar-refractivity contribution in [3.05, 3.63) is 46.5 Å². The number of hydrogen-bond acceptors (Lipinski definition) is 15. The fourth-order valence-corrected chi connectivity index (χ4v) is 10.9. The van der Waals surface area contributed by atoms with Gasteiger partial charge >= 0.3 is 18.0 Å². The second kappa shape index (κ2) is 21.0. The minimum Gasteiger partial charge on any atom is -0.495 e. The molecule has 2 fully saturated rings. The molecule has 4 rings (SSSR count). The standard InChI is InChI=1S/C40H56ClN3O15S3/c1-21-11-10-12-30(56-9)40(51)20-28(57-38(50)42-40)23(3)35-39(5,59-35)31(19-33(46)44(7)26-17-25(15-21)18-27(55-8)34(26)41)58-37(49)24(4)43(6)32(45)13-14-60-61-22(2)16-29(36(47)48)62(52,53)54/h10-12,17-18,22-24,28-31,35,51H,13-16,19-20H2,1-9H3,(H,42,50)(H,47,48)(H,52,53,54)/b12-10+,21-11+/t22?,23-,24+,28+,29?,30-,31+,35+,39+,40+/m1/s1. The topological polar surface area (TPSA) is 248 Å². The van der Waals surface area contributed by atoms with Crippen LogP contribution in [0.25, 0.3) is 0 Å². The van der Waals surface area contributed by atoms with Crippen LogP contribution in [0.2, 0.25) is 5.02 Å². The van der Waals surface area contributed by atoms with Crippen molar-refractivity contribution in [1.29, 1.82) is 0 Å². The number of rotatable bonds is 14. The summed E-state index contributed by atoms with van der Waals surface area (Å²) in [5, 5.41) is 21.1. The Kier molecular flexibility index (Phi) is 17.3. The van der Waals surface area contributed by atoms with Gasteiger partial charge in [-0.2, -0.15) is 8.42 Å². The molecule has 1 aromatic carbocycles. The summed E-state index contributed by atoms with van der Waals surface area (Å²) in [6.45, 7) is 8.36. The van der Waals surface area contributed by atoms with Crippen molar-refractivity contribution in [1.82, 2.24) is 10.2 Å². The number of likely N-dealkylation sites (N-methyl/N-ethyl adjacent to an activating group) is 1. The van der Waals surface area contributed by atoms with Gasteiger partial charge in [0.15, 0.2) is 11.0 Å². The first-order valence-corrected chi connectivity index (χ1v) is 23.9. The first-order valence-electron chi connectivity index (χ1n) is 19.7. The average Bonchev–Trinajstić information content (AvgIpc) is 3.89. The number of nitrogens with one attached hydrogen (secondary N) is 1. The number of esters is 1. The number of nitrogens with zero attached hydrogens (tertiary/aromatic N) is 2. The lowest BCUT2D eigenvalue weighted by molar-refractivity contribution is -0.162. The molecule has 346 valence electrons. The average molecular weight is 951 g/mol. The molecule has 10 atom stereocenters. The highest BCUT2D eigenvalue weighted by Gasteiger charge is 2.64. The maximum atomic E-state index is 14.2. The number of benzene rings is 1. The number of aliphatic hydroxyl groups is 1. The molecule has 2 unspecified atom stereocenters. The van der Waals surface area contributed by atoms with Gasteiger partial charge in [-0.1, -0.05) is 70.8 Å². The number of carbonyl (C=O) groups is 5. The van der Waals surface area contributed by atoms with Crippen LogP contribution in [0.5, 0.6) is 5.75 Å². The first-order chi connectivity index (χ1) is 28.9. The van der Waals surface area contributed by atoms with Crippen LogP contribution in [-0.4, -0.2) is 144 Å². The van der Waals surface area contributed by atoms with Crippen LogP contribution >= 0.6 is 33.2 Å². The molecular formula is C40H56ClN3O15S3. The van der Waals surface area contributed by atoms with E-state index in [1.165, 1.54) is 55.8 Å². The van der Waals surface area contributed by atoms with Gasteiger partial charge in [0.1, 0.15) is 40.7 Å². The second-order valence-corrected chi connectivity index (χ2v) is 20.9. The van der Waals surface area contributed by atoms with Crippen molar-refractivity contribution >= 4 is 78.8 Å². The summed E-state index contributed by atoms with van der Waals surface area (Å²) >= 11 is 6.76. The lowest BCUT2D eigenvalue weighted by atomic mass is 9.83. The number of alkyl carbamates (subject to hydrolysis) is 1. The third-order valence-corrected chi connectivity index (χ3v) is 15.8. The number of halogens is 1. The number of hydrogen-bond donors (Lipinski definition) is 4. The molecule has 2 saturated heterocycles. The number of aliphatic carboxylic acids is 1. The van der Waals surface area contributed by atoms with Crippen LogP contribution in [0.3, 0.4) is 0 Å². The maximum Gasteiger partial charge on any atom is 0.409 e. The Hall–Kier alpha value is -3.57. The molecule has 4 bridgehead atoms. The molecule has 3 amide bonds. The molecule has 22 heteroatoms. The molecule has 0 aliphatic carbocycles. The van der Waals surface area contributed by atoms with Gasteiger partial charge < -0.3 is 43.7 Å². The van der Waals surface area contributed by atoms with E-state index < -0.39 is 105 Å². The van der Waals surface area contributed by atoms with E-state index in [1.54, 1.807) is 45.1 Å². The third-order valence-electron chi connectivity index (χ3n) is 11.3. The Morgan fingerprint density at radius 2 is 1.87 bits per heavy atom. The number of carbonyl (C=O) groups excluding carboxylic acids is 4. The molecule has 3 aliphatic rings. The summed E-state index contributed by atoms with van der Waals surface area (Å²) in [4.78, 5) is 68.1. The highest BCUT2D eigenvalue weighted by atomic mass is 35.5. The van der Waals surface area contributed by atoms with Gasteiger partial charge in [0, 0.05) is 51.0 Å². The van der Waals surface area contributed by atoms with Crippen molar-refractivity contribution in [2.45, 2.75) is 119 Å². The zero-order valence-electron chi connectivity index (χ0n) is 36.0. The van der Waals surface area contributed by atoms with E-state index in [2.05, 4.69) is 5.32 Å². The second-order valence-electron chi connectivity index (χ2n) is 16.0. The van der Waals surface area contributed by atoms with Gasteiger partial charge in [0.25, 0.3) is 10.1 Å². The lowest BCUT2D eigenvalue weighted by Crippen LogP contribution is -2.63. The highest BCUT2D eigenvalue weighted by Crippen LogP contribution is 2.49. The van der Waals surface area contributed by atoms with Gasteiger partial charge in [-0.05, 0) is 51.3 Å². The van der Waals surface area contributed by atoms with E-state index in [4.69, 9.17) is 35.3 Å². The number of anilines is 1. The normalized spacial score (nSPS) is 29.6. The molecule has 0 aromatic heterocycles. The van der Waals surface area contributed by atoms with E-state index in [1.807, 2.05) is 13.0 Å². The lowest BCUT2D eigenvalue weighted by Gasteiger charge is -2.42. The van der Waals surface area contributed by atoms with Gasteiger partial charge in [-0.3, -0.25) is 24.3 Å². The molecule has 1 aromatic rings. The number of methoxy groups -OCH3 is 2. The van der Waals surface area contributed by atoms with E-state index in [0.717, 1.165) is 21.9 Å². The van der Waals surface area contributed by atoms with E-state index in [9.17, 15) is 47.2 Å². The van der Waals surface area contributed by atoms with Crippen molar-refractivity contribution in [3.63, 3.8) is 0 Å².